The Kier molecular flexibility index (Phi) is 5.11. The number of halogens is 3. The molecule has 0 spiro atoms. The van der Waals surface area contributed by atoms with E-state index in [0.717, 1.165) is 17.0 Å². The maximum atomic E-state index is 13.0. The molecule has 2 heterocycles. The fourth-order valence-corrected chi connectivity index (χ4v) is 3.56. The first-order chi connectivity index (χ1) is 15.1. The quantitative estimate of drug-likeness (QED) is 0.587. The van der Waals surface area contributed by atoms with E-state index < -0.39 is 29.6 Å². The Morgan fingerprint density at radius 3 is 2.44 bits per heavy atom. The summed E-state index contributed by atoms with van der Waals surface area (Å²) in [4.78, 5) is 45.6. The van der Waals surface area contributed by atoms with Gasteiger partial charge in [-0.25, -0.2) is 9.78 Å². The second-order valence-corrected chi connectivity index (χ2v) is 7.36. The maximum absolute atomic E-state index is 13.0. The van der Waals surface area contributed by atoms with Crippen molar-refractivity contribution in [2.24, 2.45) is 0 Å². The van der Waals surface area contributed by atoms with E-state index in [1.807, 2.05) is 0 Å². The summed E-state index contributed by atoms with van der Waals surface area (Å²) in [7, 11) is 0. The molecule has 1 fully saturated rings. The van der Waals surface area contributed by atoms with Crippen molar-refractivity contribution in [3.05, 3.63) is 70.3 Å². The number of amides is 3. The van der Waals surface area contributed by atoms with E-state index in [-0.39, 0.29) is 18.5 Å². The first-order valence-corrected chi connectivity index (χ1v) is 9.55. The molecule has 3 amide bonds. The van der Waals surface area contributed by atoms with Crippen LogP contribution < -0.4 is 15.6 Å². The Hall–Kier alpha value is -3.89. The summed E-state index contributed by atoms with van der Waals surface area (Å²) in [5, 5.41) is 3.00. The number of imide groups is 1. The molecule has 2 aromatic carbocycles. The predicted octanol–water partition coefficient (Wildman–Crippen LogP) is 2.83. The number of benzene rings is 2. The van der Waals surface area contributed by atoms with Crippen LogP contribution in [0, 0.1) is 0 Å². The Balaban J connectivity index is 1.51. The third-order valence-electron chi connectivity index (χ3n) is 5.17. The predicted molar refractivity (Wildman–Crippen MR) is 107 cm³/mol. The van der Waals surface area contributed by atoms with E-state index >= 15 is 0 Å². The van der Waals surface area contributed by atoms with Gasteiger partial charge in [-0.1, -0.05) is 24.3 Å². The van der Waals surface area contributed by atoms with Crippen LogP contribution in [0.1, 0.15) is 18.3 Å². The number of fused-ring (bicyclic) bond motifs is 1. The third kappa shape index (κ3) is 4.01. The number of hydrogen-bond acceptors (Lipinski definition) is 5. The van der Waals surface area contributed by atoms with Crippen molar-refractivity contribution in [2.45, 2.75) is 25.2 Å². The van der Waals surface area contributed by atoms with Gasteiger partial charge in [-0.3, -0.25) is 14.5 Å². The van der Waals surface area contributed by atoms with Crippen LogP contribution in [-0.4, -0.2) is 39.7 Å². The molecule has 2 N–H and O–H groups in total. The number of nitrogens with one attached hydrogen (secondary N) is 2. The lowest BCUT2D eigenvalue weighted by Gasteiger charge is -2.22. The number of urea groups is 1. The number of hydrogen-bond donors (Lipinski definition) is 2. The molecule has 11 heteroatoms. The van der Waals surface area contributed by atoms with Crippen LogP contribution in [-0.2, 0) is 16.8 Å². The van der Waals surface area contributed by atoms with Crippen LogP contribution in [0.5, 0.6) is 5.75 Å². The maximum Gasteiger partial charge on any atom is 0.573 e. The normalized spacial score (nSPS) is 18.8. The summed E-state index contributed by atoms with van der Waals surface area (Å²) in [5.74, 6) is -0.698. The molecule has 3 aromatic rings. The molecule has 0 radical (unpaired) electrons. The molecule has 32 heavy (non-hydrogen) atoms. The van der Waals surface area contributed by atoms with Gasteiger partial charge in [0, 0.05) is 13.0 Å². The van der Waals surface area contributed by atoms with Gasteiger partial charge in [0.05, 0.1) is 10.9 Å². The van der Waals surface area contributed by atoms with E-state index in [2.05, 4.69) is 20.0 Å². The first kappa shape index (κ1) is 21.3. The number of ether oxygens (including phenoxy) is 1. The molecule has 1 aliphatic heterocycles. The first-order valence-electron chi connectivity index (χ1n) is 9.55. The number of alkyl halides is 3. The zero-order chi connectivity index (χ0) is 23.1. The molecule has 1 unspecified atom stereocenters. The van der Waals surface area contributed by atoms with Crippen LogP contribution in [0.15, 0.2) is 53.3 Å². The lowest BCUT2D eigenvalue weighted by Crippen LogP contribution is -2.41. The summed E-state index contributed by atoms with van der Waals surface area (Å²) in [5.41, 5.74) is -0.994. The Bertz CT molecular complexity index is 1260. The van der Waals surface area contributed by atoms with Crippen LogP contribution in [0.3, 0.4) is 0 Å². The monoisotopic (exact) mass is 446 g/mol. The summed E-state index contributed by atoms with van der Waals surface area (Å²) >= 11 is 0. The van der Waals surface area contributed by atoms with E-state index in [4.69, 9.17) is 0 Å². The van der Waals surface area contributed by atoms with Crippen molar-refractivity contribution < 1.29 is 27.5 Å². The average Bonchev–Trinajstić information content (AvgIpc) is 2.95. The zero-order valence-corrected chi connectivity index (χ0v) is 16.7. The van der Waals surface area contributed by atoms with E-state index in [9.17, 15) is 27.6 Å². The SMILES string of the molecule is CC1(c2ccc(OC(F)(F)F)cc2)NC(=O)N(CCc2nc3ccccc3c(=O)[nH]2)C1=O. The summed E-state index contributed by atoms with van der Waals surface area (Å²) < 4.78 is 40.9. The standard InChI is InChI=1S/C21H17F3N4O4/c1-20(12-6-8-13(9-7-12)32-21(22,23)24)18(30)28(19(31)27-20)11-10-16-25-15-5-3-2-4-14(15)17(29)26-16/h2-9H,10-11H2,1H3,(H,27,31)(H,25,26,29). The smallest absolute Gasteiger partial charge is 0.406 e. The number of aromatic amines is 1. The van der Waals surface area contributed by atoms with Gasteiger partial charge in [-0.05, 0) is 36.8 Å². The molecule has 166 valence electrons. The van der Waals surface area contributed by atoms with Gasteiger partial charge in [0.2, 0.25) is 0 Å². The van der Waals surface area contributed by atoms with Gasteiger partial charge in [0.15, 0.2) is 0 Å². The minimum atomic E-state index is -4.84. The molecule has 0 saturated carbocycles. The van der Waals surface area contributed by atoms with Crippen molar-refractivity contribution >= 4 is 22.8 Å². The fourth-order valence-electron chi connectivity index (χ4n) is 3.56. The van der Waals surface area contributed by atoms with Gasteiger partial charge in [-0.15, -0.1) is 13.2 Å². The second kappa shape index (κ2) is 7.66. The lowest BCUT2D eigenvalue weighted by molar-refractivity contribution is -0.274. The molecule has 1 aromatic heterocycles. The van der Waals surface area contributed by atoms with E-state index in [1.165, 1.54) is 19.1 Å². The minimum absolute atomic E-state index is 0.0448. The lowest BCUT2D eigenvalue weighted by atomic mass is 9.92. The number of rotatable bonds is 5. The van der Waals surface area contributed by atoms with E-state index in [1.54, 1.807) is 24.3 Å². The number of nitrogens with zero attached hydrogens (tertiary/aromatic N) is 2. The summed E-state index contributed by atoms with van der Waals surface area (Å²) in [6.45, 7) is 1.42. The van der Waals surface area contributed by atoms with E-state index in [0.29, 0.717) is 22.3 Å². The van der Waals surface area contributed by atoms with Crippen molar-refractivity contribution in [3.63, 3.8) is 0 Å². The highest BCUT2D eigenvalue weighted by Gasteiger charge is 2.48. The number of aromatic nitrogens is 2. The molecule has 1 aliphatic rings. The van der Waals surface area contributed by atoms with Crippen LogP contribution >= 0.6 is 0 Å². The van der Waals surface area contributed by atoms with Crippen molar-refractivity contribution in [2.75, 3.05) is 6.54 Å². The molecule has 1 atom stereocenters. The molecular weight excluding hydrogens is 429 g/mol. The molecule has 8 nitrogen and oxygen atoms in total. The molecule has 0 bridgehead atoms. The summed E-state index contributed by atoms with van der Waals surface area (Å²) in [6.07, 6.45) is -4.72. The Morgan fingerprint density at radius 2 is 1.75 bits per heavy atom. The molecule has 0 aliphatic carbocycles. The van der Waals surface area contributed by atoms with Crippen LogP contribution in [0.4, 0.5) is 18.0 Å². The molecule has 4 rings (SSSR count). The number of carbonyl (C=O) groups is 2. The van der Waals surface area contributed by atoms with Gasteiger partial charge >= 0.3 is 12.4 Å². The molecule has 1 saturated heterocycles. The third-order valence-corrected chi connectivity index (χ3v) is 5.17. The average molecular weight is 446 g/mol. The fraction of sp³-hybridized carbons (Fsp3) is 0.238. The number of para-hydroxylation sites is 1. The largest absolute Gasteiger partial charge is 0.573 e. The van der Waals surface area contributed by atoms with Crippen molar-refractivity contribution in [3.8, 4) is 5.75 Å². The van der Waals surface area contributed by atoms with Crippen molar-refractivity contribution in [1.29, 1.82) is 0 Å². The zero-order valence-electron chi connectivity index (χ0n) is 16.7. The highest BCUT2D eigenvalue weighted by atomic mass is 19.4. The van der Waals surface area contributed by atoms with Gasteiger partial charge < -0.3 is 15.0 Å². The Labute approximate surface area is 179 Å². The second-order valence-electron chi connectivity index (χ2n) is 7.36. The topological polar surface area (TPSA) is 104 Å². The number of H-pyrrole nitrogens is 1. The van der Waals surface area contributed by atoms with Gasteiger partial charge in [0.25, 0.3) is 11.5 Å². The van der Waals surface area contributed by atoms with Gasteiger partial charge in [0.1, 0.15) is 17.1 Å². The minimum Gasteiger partial charge on any atom is -0.406 e. The van der Waals surface area contributed by atoms with Gasteiger partial charge in [-0.2, -0.15) is 0 Å². The number of carbonyl (C=O) groups excluding carboxylic acids is 2. The Morgan fingerprint density at radius 1 is 1.06 bits per heavy atom. The van der Waals surface area contributed by atoms with Crippen LogP contribution in [0.2, 0.25) is 0 Å². The molecular formula is C21H17F3N4O4. The highest BCUT2D eigenvalue weighted by molar-refractivity contribution is 6.07. The summed E-state index contributed by atoms with van der Waals surface area (Å²) in [6, 6.07) is 10.8. The van der Waals surface area contributed by atoms with Crippen LogP contribution in [0.25, 0.3) is 10.9 Å². The highest BCUT2D eigenvalue weighted by Crippen LogP contribution is 2.31. The van der Waals surface area contributed by atoms with Crippen molar-refractivity contribution in [1.82, 2.24) is 20.2 Å².